The summed E-state index contributed by atoms with van der Waals surface area (Å²) in [5.41, 5.74) is 0.407. The van der Waals surface area contributed by atoms with Crippen LogP contribution in [0.25, 0.3) is 0 Å². The summed E-state index contributed by atoms with van der Waals surface area (Å²) in [6, 6.07) is 0. The molecule has 0 bridgehead atoms. The van der Waals surface area contributed by atoms with E-state index >= 15 is 0 Å². The molecular weight excluding hydrogens is 85.0 g/mol. The van der Waals surface area contributed by atoms with E-state index in [2.05, 4.69) is 0 Å². The first-order valence-corrected chi connectivity index (χ1v) is 1.37. The Kier molecular flexibility index (Phi) is 8.70. The van der Waals surface area contributed by atoms with Gasteiger partial charge in [0, 0.05) is 0 Å². The van der Waals surface area contributed by atoms with Crippen LogP contribution in [0.15, 0.2) is 6.08 Å². The van der Waals surface area contributed by atoms with E-state index in [0.29, 0.717) is 5.71 Å². The minimum atomic E-state index is 0. The summed E-state index contributed by atoms with van der Waals surface area (Å²) in [7, 11) is 0. The van der Waals surface area contributed by atoms with Gasteiger partial charge in [0.2, 0.25) is 0 Å². The molecule has 0 aromatic carbocycles. The van der Waals surface area contributed by atoms with Crippen molar-refractivity contribution in [2.75, 3.05) is 0 Å². The predicted molar refractivity (Wildman–Crippen MR) is 22.3 cm³/mol. The molecule has 6 heavy (non-hydrogen) atoms. The summed E-state index contributed by atoms with van der Waals surface area (Å²) < 4.78 is 0. The minimum Gasteiger partial charge on any atom is -0.400 e. The topological polar surface area (TPSA) is 23.9 Å². The van der Waals surface area contributed by atoms with E-state index in [1.165, 1.54) is 6.08 Å². The van der Waals surface area contributed by atoms with E-state index in [1.807, 2.05) is 0 Å². The van der Waals surface area contributed by atoms with E-state index in [-0.39, 0.29) is 29.6 Å². The Bertz CT molecular complexity index is 58.6. The zero-order valence-electron chi connectivity index (χ0n) is 4.15. The van der Waals surface area contributed by atoms with Gasteiger partial charge in [-0.1, -0.05) is 6.92 Å². The summed E-state index contributed by atoms with van der Waals surface area (Å²) in [4.78, 5) is 0. The van der Waals surface area contributed by atoms with Crippen LogP contribution < -0.4 is 29.6 Å². The van der Waals surface area contributed by atoms with Gasteiger partial charge in [-0.25, -0.2) is 6.08 Å². The third kappa shape index (κ3) is 8.83. The molecule has 1 N–H and O–H groups in total. The molecule has 0 heterocycles. The molecule has 0 aliphatic heterocycles. The van der Waals surface area contributed by atoms with Crippen LogP contribution in [0.4, 0.5) is 0 Å². The van der Waals surface area contributed by atoms with Crippen LogP contribution in [0.2, 0.25) is 0 Å². The summed E-state index contributed by atoms with van der Waals surface area (Å²) in [6.45, 7) is 6.45. The summed E-state index contributed by atoms with van der Waals surface area (Å²) in [5.74, 6) is 0. The Balaban J connectivity index is 0. The Labute approximate surface area is 60.2 Å². The first kappa shape index (κ1) is 9.65. The molecule has 0 saturated carbocycles. The van der Waals surface area contributed by atoms with Gasteiger partial charge in [0.25, 0.3) is 0 Å². The van der Waals surface area contributed by atoms with Crippen molar-refractivity contribution in [3.63, 3.8) is 0 Å². The van der Waals surface area contributed by atoms with Gasteiger partial charge in [-0.2, -0.15) is 0 Å². The first-order valence-electron chi connectivity index (χ1n) is 1.37. The van der Waals surface area contributed by atoms with Crippen molar-refractivity contribution in [2.45, 2.75) is 6.92 Å². The van der Waals surface area contributed by atoms with Crippen LogP contribution in [-0.4, -0.2) is 5.71 Å². The SMILES string of the molecule is [CH-]=CC(C)=N.[Na+]. The Hall–Kier alpha value is 0.410. The van der Waals surface area contributed by atoms with Gasteiger partial charge in [-0.05, 0) is 0 Å². The van der Waals surface area contributed by atoms with Crippen LogP contribution in [0.3, 0.4) is 0 Å². The van der Waals surface area contributed by atoms with Crippen molar-refractivity contribution in [3.8, 4) is 0 Å². The number of nitrogens with one attached hydrogen (secondary N) is 1. The molecule has 0 radical (unpaired) electrons. The second-order valence-corrected chi connectivity index (χ2v) is 0.850. The smallest absolute Gasteiger partial charge is 0.400 e. The van der Waals surface area contributed by atoms with E-state index in [9.17, 15) is 0 Å². The molecule has 0 aliphatic carbocycles. The largest absolute Gasteiger partial charge is 1.00 e. The van der Waals surface area contributed by atoms with Crippen molar-refractivity contribution in [3.05, 3.63) is 12.7 Å². The molecule has 0 spiro atoms. The van der Waals surface area contributed by atoms with Gasteiger partial charge < -0.3 is 5.41 Å². The van der Waals surface area contributed by atoms with Crippen LogP contribution in [0.5, 0.6) is 0 Å². The fourth-order valence-corrected chi connectivity index (χ4v) is 0. The molecule has 0 aliphatic rings. The monoisotopic (exact) mass is 91.0 g/mol. The van der Waals surface area contributed by atoms with Gasteiger partial charge in [-0.15, -0.1) is 5.71 Å². The van der Waals surface area contributed by atoms with Gasteiger partial charge in [0.1, 0.15) is 0 Å². The first-order chi connectivity index (χ1) is 2.27. The zero-order valence-corrected chi connectivity index (χ0v) is 6.15. The quantitative estimate of drug-likeness (QED) is 0.220. The van der Waals surface area contributed by atoms with Crippen LogP contribution >= 0.6 is 0 Å². The Morgan fingerprint density at radius 2 is 2.00 bits per heavy atom. The predicted octanol–water partition coefficient (Wildman–Crippen LogP) is -1.98. The number of hydrogen-bond acceptors (Lipinski definition) is 1. The van der Waals surface area contributed by atoms with E-state index in [4.69, 9.17) is 12.0 Å². The third-order valence-corrected chi connectivity index (χ3v) is 0.250. The standard InChI is InChI=1S/C4H6N.Na/c1-3-4(2)5;/h1,3,5H,2H3;/q-1;+1. The molecule has 0 fully saturated rings. The average Bonchev–Trinajstić information content (AvgIpc) is 1.38. The minimum absolute atomic E-state index is 0. The fourth-order valence-electron chi connectivity index (χ4n) is 0. The van der Waals surface area contributed by atoms with Gasteiger partial charge >= 0.3 is 29.6 Å². The Morgan fingerprint density at radius 1 is 1.83 bits per heavy atom. The maximum atomic E-state index is 6.56. The summed E-state index contributed by atoms with van der Waals surface area (Å²) >= 11 is 0. The van der Waals surface area contributed by atoms with E-state index in [1.54, 1.807) is 6.92 Å². The average molecular weight is 91.1 g/mol. The van der Waals surface area contributed by atoms with Crippen molar-refractivity contribution >= 4 is 5.71 Å². The maximum absolute atomic E-state index is 6.56. The molecule has 0 aromatic rings. The number of rotatable bonds is 1. The van der Waals surface area contributed by atoms with Crippen LogP contribution in [-0.2, 0) is 0 Å². The Morgan fingerprint density at radius 3 is 2.00 bits per heavy atom. The van der Waals surface area contributed by atoms with E-state index in [0.717, 1.165) is 0 Å². The van der Waals surface area contributed by atoms with Crippen molar-refractivity contribution in [1.82, 2.24) is 0 Å². The molecule has 0 atom stereocenters. The molecular formula is C4H6NNa. The molecule has 2 heteroatoms. The third-order valence-electron chi connectivity index (χ3n) is 0.250. The molecule has 1 nitrogen and oxygen atoms in total. The molecule has 0 amide bonds. The van der Waals surface area contributed by atoms with Gasteiger partial charge in [0.05, 0.1) is 0 Å². The molecule has 0 unspecified atom stereocenters. The van der Waals surface area contributed by atoms with Crippen molar-refractivity contribution in [1.29, 1.82) is 5.41 Å². The van der Waals surface area contributed by atoms with E-state index < -0.39 is 0 Å². The molecule has 0 aromatic heterocycles. The normalized spacial score (nSPS) is 5.50. The number of hydrogen-bond donors (Lipinski definition) is 1. The van der Waals surface area contributed by atoms with Crippen molar-refractivity contribution < 1.29 is 29.6 Å². The summed E-state index contributed by atoms with van der Waals surface area (Å²) in [6.07, 6.45) is 1.25. The second-order valence-electron chi connectivity index (χ2n) is 0.850. The molecule has 28 valence electrons. The van der Waals surface area contributed by atoms with Gasteiger partial charge in [-0.3, -0.25) is 6.58 Å². The zero-order chi connectivity index (χ0) is 4.28. The van der Waals surface area contributed by atoms with Crippen LogP contribution in [0.1, 0.15) is 6.92 Å². The second kappa shape index (κ2) is 5.41. The van der Waals surface area contributed by atoms with Gasteiger partial charge in [0.15, 0.2) is 0 Å². The molecule has 0 saturated heterocycles. The van der Waals surface area contributed by atoms with Crippen molar-refractivity contribution in [2.24, 2.45) is 0 Å². The summed E-state index contributed by atoms with van der Waals surface area (Å²) in [5, 5.41) is 6.56. The fraction of sp³-hybridized carbons (Fsp3) is 0.250. The van der Waals surface area contributed by atoms with Crippen LogP contribution in [0, 0.1) is 12.0 Å². The molecule has 0 rings (SSSR count). The number of allylic oxidation sites excluding steroid dienone is 1. The maximum Gasteiger partial charge on any atom is 1.00 e.